The second kappa shape index (κ2) is 5.04. The molecule has 0 N–H and O–H groups in total. The number of nitrogens with zero attached hydrogens (tertiary/aromatic N) is 1. The van der Waals surface area contributed by atoms with Crippen molar-refractivity contribution in [1.29, 1.82) is 0 Å². The van der Waals surface area contributed by atoms with Crippen LogP contribution in [-0.4, -0.2) is 33.9 Å². The zero-order chi connectivity index (χ0) is 12.5. The lowest BCUT2D eigenvalue weighted by atomic mass is 10.2. The number of alkyl halides is 1. The van der Waals surface area contributed by atoms with Gasteiger partial charge in [-0.25, -0.2) is 12.8 Å². The van der Waals surface area contributed by atoms with Crippen LogP contribution in [0.5, 0.6) is 0 Å². The summed E-state index contributed by atoms with van der Waals surface area (Å²) in [5.41, 5.74) is 0.878. The first-order valence-electron chi connectivity index (χ1n) is 5.05. The summed E-state index contributed by atoms with van der Waals surface area (Å²) in [5.74, 6) is 0.818. The fourth-order valence-electron chi connectivity index (χ4n) is 1.74. The van der Waals surface area contributed by atoms with Gasteiger partial charge >= 0.3 is 0 Å². The second-order valence-corrected chi connectivity index (χ2v) is 7.29. The highest BCUT2D eigenvalue weighted by Crippen LogP contribution is 2.36. The molecule has 17 heavy (non-hydrogen) atoms. The number of fused-ring (bicyclic) bond motifs is 1. The zero-order valence-electron chi connectivity index (χ0n) is 8.90. The van der Waals surface area contributed by atoms with E-state index < -0.39 is 15.7 Å². The molecular formula is C10H11ClFNO2S2. The smallest absolute Gasteiger partial charge is 0.261 e. The van der Waals surface area contributed by atoms with Crippen LogP contribution in [0.2, 0.25) is 0 Å². The van der Waals surface area contributed by atoms with Gasteiger partial charge in [0.2, 0.25) is 0 Å². The van der Waals surface area contributed by atoms with E-state index in [1.165, 1.54) is 6.07 Å². The Kier molecular flexibility index (Phi) is 3.85. The molecule has 0 bridgehead atoms. The van der Waals surface area contributed by atoms with Gasteiger partial charge in [-0.2, -0.15) is 0 Å². The largest absolute Gasteiger partial charge is 0.367 e. The van der Waals surface area contributed by atoms with E-state index in [0.717, 1.165) is 22.9 Å². The van der Waals surface area contributed by atoms with E-state index in [1.54, 1.807) is 23.9 Å². The minimum absolute atomic E-state index is 0.0903. The Morgan fingerprint density at radius 2 is 2.24 bits per heavy atom. The number of anilines is 1. The van der Waals surface area contributed by atoms with Crippen LogP contribution in [0.3, 0.4) is 0 Å². The maximum atomic E-state index is 12.4. The zero-order valence-corrected chi connectivity index (χ0v) is 11.3. The number of hydrogen-bond donors (Lipinski definition) is 0. The molecule has 1 aromatic rings. The summed E-state index contributed by atoms with van der Waals surface area (Å²) in [6.45, 7) is 0.689. The molecular weight excluding hydrogens is 285 g/mol. The molecule has 0 aromatic heterocycles. The average molecular weight is 296 g/mol. The summed E-state index contributed by atoms with van der Waals surface area (Å²) in [6.07, 6.45) is 0. The van der Waals surface area contributed by atoms with Crippen molar-refractivity contribution in [3.05, 3.63) is 18.2 Å². The summed E-state index contributed by atoms with van der Waals surface area (Å²) < 4.78 is 34.8. The van der Waals surface area contributed by atoms with Crippen LogP contribution in [0.1, 0.15) is 0 Å². The molecule has 0 saturated carbocycles. The van der Waals surface area contributed by atoms with E-state index in [9.17, 15) is 12.8 Å². The third-order valence-electron chi connectivity index (χ3n) is 2.53. The van der Waals surface area contributed by atoms with Crippen LogP contribution in [-0.2, 0) is 9.05 Å². The van der Waals surface area contributed by atoms with Crippen molar-refractivity contribution in [1.82, 2.24) is 0 Å². The first kappa shape index (κ1) is 13.0. The molecule has 0 aliphatic carbocycles. The monoisotopic (exact) mass is 295 g/mol. The fraction of sp³-hybridized carbons (Fsp3) is 0.400. The Morgan fingerprint density at radius 3 is 2.88 bits per heavy atom. The minimum Gasteiger partial charge on any atom is -0.367 e. The van der Waals surface area contributed by atoms with Gasteiger partial charge in [0.05, 0.1) is 10.6 Å². The predicted octanol–water partition coefficient (Wildman–Crippen LogP) is 2.50. The standard InChI is InChI=1S/C10H11ClFNO2S2/c11-17(14,15)8-1-2-9-10(7-8)16-6-5-13(9)4-3-12/h1-2,7H,3-6H2. The maximum absolute atomic E-state index is 12.4. The Labute approximate surface area is 108 Å². The Bertz CT molecular complexity index is 521. The van der Waals surface area contributed by atoms with E-state index in [1.807, 2.05) is 4.90 Å². The summed E-state index contributed by atoms with van der Waals surface area (Å²) in [5, 5.41) is 0. The first-order chi connectivity index (χ1) is 8.02. The van der Waals surface area contributed by atoms with Gasteiger partial charge in [-0.15, -0.1) is 11.8 Å². The summed E-state index contributed by atoms with van der Waals surface area (Å²) in [6, 6.07) is 4.69. The first-order valence-corrected chi connectivity index (χ1v) is 8.34. The van der Waals surface area contributed by atoms with Crippen molar-refractivity contribution in [3.8, 4) is 0 Å². The van der Waals surface area contributed by atoms with Crippen LogP contribution >= 0.6 is 22.4 Å². The summed E-state index contributed by atoms with van der Waals surface area (Å²) >= 11 is 1.56. The molecule has 1 heterocycles. The molecule has 0 fully saturated rings. The molecule has 2 rings (SSSR count). The van der Waals surface area contributed by atoms with Gasteiger partial charge in [-0.3, -0.25) is 0 Å². The molecule has 0 atom stereocenters. The van der Waals surface area contributed by atoms with Crippen LogP contribution in [0, 0.1) is 0 Å². The van der Waals surface area contributed by atoms with Crippen molar-refractivity contribution < 1.29 is 12.8 Å². The molecule has 0 saturated heterocycles. The molecule has 0 spiro atoms. The lowest BCUT2D eigenvalue weighted by Gasteiger charge is -2.30. The van der Waals surface area contributed by atoms with Gasteiger partial charge in [-0.1, -0.05) is 0 Å². The molecule has 1 aliphatic heterocycles. The quantitative estimate of drug-likeness (QED) is 0.803. The van der Waals surface area contributed by atoms with Gasteiger partial charge in [0.1, 0.15) is 6.67 Å². The normalized spacial score (nSPS) is 15.8. The minimum atomic E-state index is -3.70. The molecule has 0 unspecified atom stereocenters. The van der Waals surface area contributed by atoms with Gasteiger partial charge in [0, 0.05) is 34.4 Å². The van der Waals surface area contributed by atoms with Crippen LogP contribution in [0.15, 0.2) is 28.0 Å². The maximum Gasteiger partial charge on any atom is 0.261 e. The Hall–Kier alpha value is -0.460. The average Bonchev–Trinajstić information content (AvgIpc) is 2.28. The highest BCUT2D eigenvalue weighted by Gasteiger charge is 2.20. The topological polar surface area (TPSA) is 37.4 Å². The third kappa shape index (κ3) is 2.86. The lowest BCUT2D eigenvalue weighted by Crippen LogP contribution is -2.31. The number of halogens is 2. The molecule has 3 nitrogen and oxygen atoms in total. The fourth-order valence-corrected chi connectivity index (χ4v) is 3.68. The molecule has 7 heteroatoms. The molecule has 1 aromatic carbocycles. The Balaban J connectivity index is 2.40. The van der Waals surface area contributed by atoms with Gasteiger partial charge in [0.15, 0.2) is 0 Å². The van der Waals surface area contributed by atoms with Gasteiger partial charge < -0.3 is 4.90 Å². The van der Waals surface area contributed by atoms with E-state index in [4.69, 9.17) is 10.7 Å². The molecule has 1 aliphatic rings. The highest BCUT2D eigenvalue weighted by atomic mass is 35.7. The molecule has 0 amide bonds. The lowest BCUT2D eigenvalue weighted by molar-refractivity contribution is 0.491. The predicted molar refractivity (Wildman–Crippen MR) is 68.4 cm³/mol. The number of rotatable bonds is 3. The van der Waals surface area contributed by atoms with Crippen molar-refractivity contribution in [2.75, 3.05) is 30.4 Å². The molecule has 94 valence electrons. The van der Waals surface area contributed by atoms with Crippen LogP contribution in [0.25, 0.3) is 0 Å². The van der Waals surface area contributed by atoms with Crippen molar-refractivity contribution in [2.45, 2.75) is 9.79 Å². The van der Waals surface area contributed by atoms with Crippen molar-refractivity contribution in [2.24, 2.45) is 0 Å². The third-order valence-corrected chi connectivity index (χ3v) is 4.90. The highest BCUT2D eigenvalue weighted by molar-refractivity contribution is 8.13. The van der Waals surface area contributed by atoms with Crippen molar-refractivity contribution >= 4 is 37.2 Å². The van der Waals surface area contributed by atoms with Crippen LogP contribution in [0.4, 0.5) is 10.1 Å². The Morgan fingerprint density at radius 1 is 1.47 bits per heavy atom. The van der Waals surface area contributed by atoms with Gasteiger partial charge in [-0.05, 0) is 18.2 Å². The van der Waals surface area contributed by atoms with E-state index in [-0.39, 0.29) is 4.90 Å². The van der Waals surface area contributed by atoms with E-state index >= 15 is 0 Å². The van der Waals surface area contributed by atoms with Gasteiger partial charge in [0.25, 0.3) is 9.05 Å². The second-order valence-electron chi connectivity index (χ2n) is 3.59. The SMILES string of the molecule is O=S(=O)(Cl)c1ccc2c(c1)SCCN2CCF. The van der Waals surface area contributed by atoms with Crippen molar-refractivity contribution in [3.63, 3.8) is 0 Å². The number of thioether (sulfide) groups is 1. The summed E-state index contributed by atoms with van der Waals surface area (Å²) in [7, 11) is 1.59. The van der Waals surface area contributed by atoms with E-state index in [2.05, 4.69) is 0 Å². The number of benzene rings is 1. The number of hydrogen-bond acceptors (Lipinski definition) is 4. The van der Waals surface area contributed by atoms with E-state index in [0.29, 0.717) is 6.54 Å². The summed E-state index contributed by atoms with van der Waals surface area (Å²) in [4.78, 5) is 2.84. The molecule has 0 radical (unpaired) electrons. The van der Waals surface area contributed by atoms with Crippen LogP contribution < -0.4 is 4.90 Å².